The molecular weight excluding hydrogens is 288 g/mol. The minimum Gasteiger partial charge on any atom is -0.478 e. The summed E-state index contributed by atoms with van der Waals surface area (Å²) in [7, 11) is 0. The lowest BCUT2D eigenvalue weighted by molar-refractivity contribution is -0.127. The highest BCUT2D eigenvalue weighted by Crippen LogP contribution is 2.37. The van der Waals surface area contributed by atoms with Gasteiger partial charge >= 0.3 is 5.97 Å². The second-order valence-electron chi connectivity index (χ2n) is 5.64. The van der Waals surface area contributed by atoms with Crippen molar-refractivity contribution < 1.29 is 23.9 Å². The second-order valence-corrected chi connectivity index (χ2v) is 5.64. The Morgan fingerprint density at radius 1 is 1.36 bits per heavy atom. The molecule has 2 amide bonds. The minimum atomic E-state index is -1.14. The third kappa shape index (κ3) is 2.98. The number of nitrogens with two attached hydrogens (primary N) is 1. The predicted octanol–water partition coefficient (Wildman–Crippen LogP) is 1.32. The second kappa shape index (κ2) is 6.21. The van der Waals surface area contributed by atoms with E-state index in [1.54, 1.807) is 6.92 Å². The number of carbonyl (C=O) groups is 3. The van der Waals surface area contributed by atoms with Crippen molar-refractivity contribution in [1.29, 1.82) is 0 Å². The first kappa shape index (κ1) is 16.1. The van der Waals surface area contributed by atoms with Crippen LogP contribution in [0.3, 0.4) is 0 Å². The van der Waals surface area contributed by atoms with Crippen LogP contribution in [-0.2, 0) is 11.2 Å². The van der Waals surface area contributed by atoms with E-state index in [0.717, 1.165) is 12.8 Å². The Hall–Kier alpha value is -2.31. The van der Waals surface area contributed by atoms with E-state index >= 15 is 0 Å². The lowest BCUT2D eigenvalue weighted by atomic mass is 9.85. The molecule has 1 aliphatic rings. The summed E-state index contributed by atoms with van der Waals surface area (Å²) in [6, 6.07) is 1.21. The van der Waals surface area contributed by atoms with E-state index in [1.165, 1.54) is 6.07 Å². The number of hydrogen-bond donors (Lipinski definition) is 3. The zero-order chi connectivity index (χ0) is 16.3. The molecule has 7 heteroatoms. The molecular formula is C15H20N2O5. The van der Waals surface area contributed by atoms with Gasteiger partial charge in [0.25, 0.3) is 5.91 Å². The van der Waals surface area contributed by atoms with Crippen LogP contribution in [0, 0.1) is 5.41 Å². The van der Waals surface area contributed by atoms with Gasteiger partial charge in [-0.2, -0.15) is 0 Å². The lowest BCUT2D eigenvalue weighted by Gasteiger charge is -2.24. The average Bonchev–Trinajstić information content (AvgIpc) is 3.12. The van der Waals surface area contributed by atoms with Crippen molar-refractivity contribution >= 4 is 17.8 Å². The van der Waals surface area contributed by atoms with Crippen LogP contribution < -0.4 is 11.1 Å². The first-order chi connectivity index (χ1) is 10.4. The first-order valence-corrected chi connectivity index (χ1v) is 7.34. The van der Waals surface area contributed by atoms with Gasteiger partial charge in [0.1, 0.15) is 11.3 Å². The highest BCUT2D eigenvalue weighted by Gasteiger charge is 2.40. The quantitative estimate of drug-likeness (QED) is 0.731. The van der Waals surface area contributed by atoms with E-state index in [1.807, 2.05) is 0 Å². The molecule has 7 nitrogen and oxygen atoms in total. The van der Waals surface area contributed by atoms with Crippen molar-refractivity contribution in [3.8, 4) is 0 Å². The van der Waals surface area contributed by atoms with Gasteiger partial charge in [0.05, 0.1) is 5.41 Å². The summed E-state index contributed by atoms with van der Waals surface area (Å²) in [5.74, 6) is -1.89. The largest absolute Gasteiger partial charge is 0.478 e. The van der Waals surface area contributed by atoms with Crippen LogP contribution in [0.1, 0.15) is 59.3 Å². The predicted molar refractivity (Wildman–Crippen MR) is 77.5 cm³/mol. The van der Waals surface area contributed by atoms with Gasteiger partial charge in [-0.15, -0.1) is 0 Å². The van der Waals surface area contributed by atoms with Gasteiger partial charge in [0.2, 0.25) is 5.91 Å². The van der Waals surface area contributed by atoms with Gasteiger partial charge < -0.3 is 20.6 Å². The molecule has 2 rings (SSSR count). The molecule has 1 heterocycles. The van der Waals surface area contributed by atoms with Gasteiger partial charge in [-0.1, -0.05) is 19.8 Å². The Morgan fingerprint density at radius 3 is 2.45 bits per heavy atom. The summed E-state index contributed by atoms with van der Waals surface area (Å²) in [6.45, 7) is 1.89. The molecule has 120 valence electrons. The molecule has 1 aromatic heterocycles. The molecule has 1 saturated carbocycles. The summed E-state index contributed by atoms with van der Waals surface area (Å²) in [5, 5.41) is 11.7. The fourth-order valence-electron chi connectivity index (χ4n) is 2.88. The smallest absolute Gasteiger partial charge is 0.339 e. The maximum atomic E-state index is 12.1. The monoisotopic (exact) mass is 308 g/mol. The molecule has 4 N–H and O–H groups in total. The van der Waals surface area contributed by atoms with Crippen molar-refractivity contribution in [2.45, 2.75) is 39.0 Å². The molecule has 0 saturated heterocycles. The molecule has 1 fully saturated rings. The number of carboxylic acids is 1. The summed E-state index contributed by atoms with van der Waals surface area (Å²) in [5.41, 5.74) is 4.74. The van der Waals surface area contributed by atoms with E-state index in [4.69, 9.17) is 15.3 Å². The molecule has 0 atom stereocenters. The van der Waals surface area contributed by atoms with E-state index in [9.17, 15) is 14.4 Å². The fraction of sp³-hybridized carbons (Fsp3) is 0.533. The van der Waals surface area contributed by atoms with E-state index in [0.29, 0.717) is 19.3 Å². The SMILES string of the molecule is CCc1oc(C(=O)NCC2(C(N)=O)CCCC2)cc1C(=O)O. The summed E-state index contributed by atoms with van der Waals surface area (Å²) >= 11 is 0. The topological polar surface area (TPSA) is 123 Å². The standard InChI is InChI=1S/C15H20N2O5/c1-2-10-9(13(19)20)7-11(22-10)12(18)17-8-15(14(16)21)5-3-4-6-15/h7H,2-6,8H2,1H3,(H2,16,21)(H,17,18)(H,19,20). The fourth-order valence-corrected chi connectivity index (χ4v) is 2.88. The third-order valence-electron chi connectivity index (χ3n) is 4.25. The summed E-state index contributed by atoms with van der Waals surface area (Å²) in [4.78, 5) is 34.8. The molecule has 1 aromatic rings. The van der Waals surface area contributed by atoms with Crippen molar-refractivity contribution in [1.82, 2.24) is 5.32 Å². The van der Waals surface area contributed by atoms with E-state index < -0.39 is 23.2 Å². The molecule has 0 unspecified atom stereocenters. The highest BCUT2D eigenvalue weighted by atomic mass is 16.4. The van der Waals surface area contributed by atoms with Crippen LogP contribution in [-0.4, -0.2) is 29.4 Å². The maximum Gasteiger partial charge on any atom is 0.339 e. The summed E-state index contributed by atoms with van der Waals surface area (Å²) < 4.78 is 5.29. The number of furan rings is 1. The van der Waals surface area contributed by atoms with Crippen molar-refractivity contribution in [2.75, 3.05) is 6.54 Å². The van der Waals surface area contributed by atoms with Gasteiger partial charge in [-0.05, 0) is 12.8 Å². The van der Waals surface area contributed by atoms with Crippen LogP contribution in [0.4, 0.5) is 0 Å². The Morgan fingerprint density at radius 2 is 2.00 bits per heavy atom. The third-order valence-corrected chi connectivity index (χ3v) is 4.25. The Bertz CT molecular complexity index is 599. The summed E-state index contributed by atoms with van der Waals surface area (Å²) in [6.07, 6.45) is 3.49. The number of carbonyl (C=O) groups excluding carboxylic acids is 2. The molecule has 22 heavy (non-hydrogen) atoms. The van der Waals surface area contributed by atoms with Crippen LogP contribution >= 0.6 is 0 Å². The van der Waals surface area contributed by atoms with E-state index in [2.05, 4.69) is 5.32 Å². The number of hydrogen-bond acceptors (Lipinski definition) is 4. The highest BCUT2D eigenvalue weighted by molar-refractivity contribution is 5.96. The van der Waals surface area contributed by atoms with Crippen LogP contribution in [0.2, 0.25) is 0 Å². The molecule has 1 aliphatic carbocycles. The number of nitrogens with one attached hydrogen (secondary N) is 1. The van der Waals surface area contributed by atoms with Gasteiger partial charge in [0.15, 0.2) is 5.76 Å². The number of aryl methyl sites for hydroxylation is 1. The van der Waals surface area contributed by atoms with Crippen molar-refractivity contribution in [3.63, 3.8) is 0 Å². The molecule has 0 bridgehead atoms. The zero-order valence-corrected chi connectivity index (χ0v) is 12.5. The molecule has 0 aromatic carbocycles. The number of amides is 2. The van der Waals surface area contributed by atoms with E-state index in [-0.39, 0.29) is 23.6 Å². The number of aromatic carboxylic acids is 1. The van der Waals surface area contributed by atoms with Crippen LogP contribution in [0.15, 0.2) is 10.5 Å². The minimum absolute atomic E-state index is 0.0156. The van der Waals surface area contributed by atoms with Crippen molar-refractivity contribution in [2.24, 2.45) is 11.1 Å². The Labute approximate surface area is 127 Å². The van der Waals surface area contributed by atoms with Gasteiger partial charge in [-0.25, -0.2) is 4.79 Å². The lowest BCUT2D eigenvalue weighted by Crippen LogP contribution is -2.44. The first-order valence-electron chi connectivity index (χ1n) is 7.34. The number of carboxylic acid groups (broad SMARTS) is 1. The van der Waals surface area contributed by atoms with Crippen LogP contribution in [0.5, 0.6) is 0 Å². The molecule has 0 radical (unpaired) electrons. The van der Waals surface area contributed by atoms with Crippen LogP contribution in [0.25, 0.3) is 0 Å². The van der Waals surface area contributed by atoms with Crippen molar-refractivity contribution in [3.05, 3.63) is 23.2 Å². The number of rotatable bonds is 6. The Balaban J connectivity index is 2.09. The number of primary amides is 1. The molecule has 0 aliphatic heterocycles. The Kier molecular flexibility index (Phi) is 4.54. The molecule has 0 spiro atoms. The van der Waals surface area contributed by atoms with Gasteiger partial charge in [-0.3, -0.25) is 9.59 Å². The maximum absolute atomic E-state index is 12.1. The average molecular weight is 308 g/mol. The normalized spacial score (nSPS) is 16.4. The van der Waals surface area contributed by atoms with Gasteiger partial charge in [0, 0.05) is 19.0 Å². The zero-order valence-electron chi connectivity index (χ0n) is 12.5.